The predicted molar refractivity (Wildman–Crippen MR) is 142 cm³/mol. The Labute approximate surface area is 210 Å². The summed E-state index contributed by atoms with van der Waals surface area (Å²) in [4.78, 5) is 12.1. The van der Waals surface area contributed by atoms with E-state index in [0.29, 0.717) is 12.0 Å². The van der Waals surface area contributed by atoms with Crippen LogP contribution in [-0.4, -0.2) is 33.2 Å². The minimum absolute atomic E-state index is 0.136. The van der Waals surface area contributed by atoms with Crippen molar-refractivity contribution in [1.82, 2.24) is 15.6 Å². The topological polar surface area (TPSA) is 87.5 Å². The van der Waals surface area contributed by atoms with Gasteiger partial charge in [-0.25, -0.2) is 5.43 Å². The first-order valence-corrected chi connectivity index (χ1v) is 13.2. The Kier molecular flexibility index (Phi) is 8.35. The number of aromatic nitrogens is 2. The Morgan fingerprint density at radius 3 is 2.62 bits per heavy atom. The van der Waals surface area contributed by atoms with E-state index in [1.54, 1.807) is 23.9 Å². The summed E-state index contributed by atoms with van der Waals surface area (Å²) in [5, 5.41) is 25.1. The summed E-state index contributed by atoms with van der Waals surface area (Å²) in [6, 6.07) is 20.0. The van der Waals surface area contributed by atoms with Crippen molar-refractivity contribution < 1.29 is 9.90 Å². The fraction of sp³-hybridized carbons (Fsp3) is 0.120. The molecule has 0 radical (unpaired) electrons. The predicted octanol–water partition coefficient (Wildman–Crippen LogP) is 5.66. The van der Waals surface area contributed by atoms with Gasteiger partial charge in [0.1, 0.15) is 5.75 Å². The summed E-state index contributed by atoms with van der Waals surface area (Å²) in [5.41, 5.74) is 5.02. The fourth-order valence-corrected chi connectivity index (χ4v) is 6.06. The maximum Gasteiger partial charge on any atom is 0.250 e. The Hall–Kier alpha value is -3.14. The maximum atomic E-state index is 12.1. The van der Waals surface area contributed by atoms with E-state index in [9.17, 15) is 9.90 Å². The van der Waals surface area contributed by atoms with Gasteiger partial charge in [0.25, 0.3) is 5.91 Å². The largest absolute Gasteiger partial charge is 0.507 e. The molecule has 1 amide bonds. The number of carbonyl (C=O) groups excluding carboxylic acids is 1. The van der Waals surface area contributed by atoms with Gasteiger partial charge in [0, 0.05) is 11.3 Å². The number of fused-ring (bicyclic) bond motifs is 1. The van der Waals surface area contributed by atoms with Crippen LogP contribution in [0, 0.1) is 0 Å². The SMILES string of the molecule is C=CCc1cccc(/C=N\NC(=O)CSc2nnc(SCc3cccc4ccccc34)s2)c1O. The number of thioether (sulfide) groups is 2. The molecule has 4 rings (SSSR count). The number of para-hydroxylation sites is 1. The van der Waals surface area contributed by atoms with Crippen LogP contribution in [0.4, 0.5) is 0 Å². The van der Waals surface area contributed by atoms with Crippen LogP contribution in [0.1, 0.15) is 16.7 Å². The molecule has 34 heavy (non-hydrogen) atoms. The van der Waals surface area contributed by atoms with Crippen molar-refractivity contribution >= 4 is 57.8 Å². The number of benzene rings is 3. The zero-order valence-electron chi connectivity index (χ0n) is 18.2. The summed E-state index contributed by atoms with van der Waals surface area (Å²) in [5.74, 6) is 0.847. The van der Waals surface area contributed by atoms with Crippen LogP contribution in [0.3, 0.4) is 0 Å². The highest BCUT2D eigenvalue weighted by molar-refractivity contribution is 8.03. The van der Waals surface area contributed by atoms with Crippen LogP contribution >= 0.6 is 34.9 Å². The molecule has 2 N–H and O–H groups in total. The molecule has 9 heteroatoms. The minimum Gasteiger partial charge on any atom is -0.507 e. The normalized spacial score (nSPS) is 11.2. The summed E-state index contributed by atoms with van der Waals surface area (Å²) < 4.78 is 1.60. The summed E-state index contributed by atoms with van der Waals surface area (Å²) in [7, 11) is 0. The molecular weight excluding hydrogens is 485 g/mol. The number of amides is 1. The third kappa shape index (κ3) is 6.25. The molecule has 0 aliphatic rings. The number of carbonyl (C=O) groups is 1. The number of allylic oxidation sites excluding steroid dienone is 1. The number of phenols is 1. The first-order chi connectivity index (χ1) is 16.6. The van der Waals surface area contributed by atoms with Gasteiger partial charge in [-0.05, 0) is 34.4 Å². The first-order valence-electron chi connectivity index (χ1n) is 10.4. The van der Waals surface area contributed by atoms with E-state index < -0.39 is 0 Å². The number of hydrazone groups is 1. The van der Waals surface area contributed by atoms with Gasteiger partial charge in [-0.15, -0.1) is 16.8 Å². The fourth-order valence-electron chi connectivity index (χ4n) is 3.24. The lowest BCUT2D eigenvalue weighted by Crippen LogP contribution is -2.19. The zero-order valence-corrected chi connectivity index (χ0v) is 20.6. The van der Waals surface area contributed by atoms with Gasteiger partial charge in [0.15, 0.2) is 8.68 Å². The van der Waals surface area contributed by atoms with Gasteiger partial charge >= 0.3 is 0 Å². The van der Waals surface area contributed by atoms with E-state index in [-0.39, 0.29) is 17.4 Å². The van der Waals surface area contributed by atoms with E-state index in [1.165, 1.54) is 45.6 Å². The quantitative estimate of drug-likeness (QED) is 0.125. The third-order valence-electron chi connectivity index (χ3n) is 4.85. The Bertz CT molecular complexity index is 1330. The summed E-state index contributed by atoms with van der Waals surface area (Å²) >= 11 is 4.43. The van der Waals surface area contributed by atoms with Crippen molar-refractivity contribution in [2.45, 2.75) is 20.9 Å². The number of phenolic OH excluding ortho intramolecular Hbond substituents is 1. The van der Waals surface area contributed by atoms with Crippen molar-refractivity contribution in [2.75, 3.05) is 5.75 Å². The average Bonchev–Trinajstić information content (AvgIpc) is 3.31. The second-order valence-electron chi connectivity index (χ2n) is 7.19. The highest BCUT2D eigenvalue weighted by Gasteiger charge is 2.10. The third-order valence-corrected chi connectivity index (χ3v) is 8.09. The van der Waals surface area contributed by atoms with Crippen LogP contribution in [0.15, 0.2) is 87.1 Å². The van der Waals surface area contributed by atoms with Crippen molar-refractivity contribution in [3.05, 3.63) is 90.0 Å². The molecular formula is C25H22N4O2S3. The van der Waals surface area contributed by atoms with Crippen LogP contribution < -0.4 is 5.43 Å². The molecule has 0 bridgehead atoms. The Morgan fingerprint density at radius 1 is 1.03 bits per heavy atom. The van der Waals surface area contributed by atoms with Crippen LogP contribution in [0.5, 0.6) is 5.75 Å². The summed E-state index contributed by atoms with van der Waals surface area (Å²) in [6.07, 6.45) is 3.70. The van der Waals surface area contributed by atoms with Crippen molar-refractivity contribution in [3.63, 3.8) is 0 Å². The van der Waals surface area contributed by atoms with E-state index in [4.69, 9.17) is 0 Å². The van der Waals surface area contributed by atoms with Gasteiger partial charge < -0.3 is 5.11 Å². The molecule has 1 aromatic heterocycles. The zero-order chi connectivity index (χ0) is 23.8. The van der Waals surface area contributed by atoms with Crippen LogP contribution in [-0.2, 0) is 17.0 Å². The molecule has 0 atom stereocenters. The lowest BCUT2D eigenvalue weighted by atomic mass is 10.1. The minimum atomic E-state index is -0.261. The molecule has 0 fully saturated rings. The molecule has 0 aliphatic heterocycles. The molecule has 0 spiro atoms. The molecule has 0 saturated heterocycles. The van der Waals surface area contributed by atoms with Crippen LogP contribution in [0.25, 0.3) is 10.8 Å². The molecule has 6 nitrogen and oxygen atoms in total. The smallest absolute Gasteiger partial charge is 0.250 e. The maximum absolute atomic E-state index is 12.1. The lowest BCUT2D eigenvalue weighted by Gasteiger charge is -2.04. The van der Waals surface area contributed by atoms with Crippen LogP contribution in [0.2, 0.25) is 0 Å². The Morgan fingerprint density at radius 2 is 1.76 bits per heavy atom. The summed E-state index contributed by atoms with van der Waals surface area (Å²) in [6.45, 7) is 3.68. The molecule has 172 valence electrons. The highest BCUT2D eigenvalue weighted by Crippen LogP contribution is 2.32. The van der Waals surface area contributed by atoms with E-state index in [1.807, 2.05) is 24.3 Å². The number of nitrogens with zero attached hydrogens (tertiary/aromatic N) is 3. The van der Waals surface area contributed by atoms with E-state index >= 15 is 0 Å². The highest BCUT2D eigenvalue weighted by atomic mass is 32.2. The molecule has 1 heterocycles. The molecule has 0 unspecified atom stereocenters. The lowest BCUT2D eigenvalue weighted by molar-refractivity contribution is -0.118. The number of aromatic hydroxyl groups is 1. The molecule has 0 aliphatic carbocycles. The van der Waals surface area contributed by atoms with Gasteiger partial charge in [-0.2, -0.15) is 5.10 Å². The molecule has 3 aromatic carbocycles. The van der Waals surface area contributed by atoms with Crippen molar-refractivity contribution in [3.8, 4) is 5.75 Å². The van der Waals surface area contributed by atoms with Crippen molar-refractivity contribution in [1.29, 1.82) is 0 Å². The van der Waals surface area contributed by atoms with Gasteiger partial charge in [-0.1, -0.05) is 95.5 Å². The number of hydrogen-bond donors (Lipinski definition) is 2. The van der Waals surface area contributed by atoms with Gasteiger partial charge in [0.05, 0.1) is 12.0 Å². The monoisotopic (exact) mass is 506 g/mol. The van der Waals surface area contributed by atoms with Gasteiger partial charge in [-0.3, -0.25) is 4.79 Å². The van der Waals surface area contributed by atoms with E-state index in [2.05, 4.69) is 57.6 Å². The molecule has 4 aromatic rings. The standard InChI is InChI=1S/C25H22N4O2S3/c1-2-7-18-10-6-11-19(23(18)31)14-26-27-22(30)16-33-25-29-28-24(34-25)32-15-20-12-5-9-17-8-3-4-13-21(17)20/h2-6,8-14,31H,1,7,15-16H2,(H,27,30)/b26-14-. The number of nitrogens with one attached hydrogen (secondary N) is 1. The molecule has 0 saturated carbocycles. The number of hydrogen-bond acceptors (Lipinski definition) is 8. The first kappa shape index (κ1) is 24.0. The number of rotatable bonds is 10. The van der Waals surface area contributed by atoms with E-state index in [0.717, 1.165) is 20.0 Å². The average molecular weight is 507 g/mol. The second-order valence-corrected chi connectivity index (χ2v) is 10.6. The van der Waals surface area contributed by atoms with Crippen molar-refractivity contribution in [2.24, 2.45) is 5.10 Å². The second kappa shape index (κ2) is 11.8. The Balaban J connectivity index is 1.26. The van der Waals surface area contributed by atoms with Gasteiger partial charge in [0.2, 0.25) is 0 Å².